The lowest BCUT2D eigenvalue weighted by Gasteiger charge is -2.26. The molecule has 0 saturated heterocycles. The van der Waals surface area contributed by atoms with Crippen LogP contribution >= 0.6 is 0 Å². The highest BCUT2D eigenvalue weighted by atomic mass is 16.5. The Hall–Kier alpha value is -0.160. The molecule has 0 bridgehead atoms. The van der Waals surface area contributed by atoms with Crippen LogP contribution in [0.3, 0.4) is 0 Å². The summed E-state index contributed by atoms with van der Waals surface area (Å²) in [5.41, 5.74) is 0. The molecule has 0 aromatic carbocycles. The molecule has 0 amide bonds. The van der Waals surface area contributed by atoms with Gasteiger partial charge < -0.3 is 10.4 Å². The van der Waals surface area contributed by atoms with E-state index in [1.807, 2.05) is 27.7 Å². The summed E-state index contributed by atoms with van der Waals surface area (Å²) in [5, 5.41) is 20.5. The molecule has 0 saturated carbocycles. The summed E-state index contributed by atoms with van der Waals surface area (Å²) >= 11 is 0. The van der Waals surface area contributed by atoms with E-state index in [2.05, 4.69) is 0 Å². The van der Waals surface area contributed by atoms with Crippen molar-refractivity contribution in [3.05, 3.63) is 0 Å². The Balaban J connectivity index is 3.66. The number of rotatable bonds is 4. The molecule has 0 atom stereocenters. The third-order valence-electron chi connectivity index (χ3n) is 1.48. The van der Waals surface area contributed by atoms with Crippen molar-refractivity contribution in [2.45, 2.75) is 39.8 Å². The Morgan fingerprint density at radius 2 is 1.18 bits per heavy atom. The first kappa shape index (κ1) is 10.8. The smallest absolute Gasteiger partial charge is 0.1000 e. The highest BCUT2D eigenvalue weighted by Gasteiger charge is 2.11. The van der Waals surface area contributed by atoms with Crippen LogP contribution in [0.15, 0.2) is 0 Å². The molecule has 0 fully saturated rings. The summed E-state index contributed by atoms with van der Waals surface area (Å²) in [4.78, 5) is 0. The second-order valence-corrected chi connectivity index (χ2v) is 3.21. The van der Waals surface area contributed by atoms with Gasteiger partial charge in [-0.2, -0.15) is 10.1 Å². The molecular weight excluding hydrogens is 144 g/mol. The molecular formula is C7H18N2O2. The predicted octanol–water partition coefficient (Wildman–Crippen LogP) is 1.14. The minimum atomic E-state index is 0.0309. The molecule has 11 heavy (non-hydrogen) atoms. The molecule has 0 aliphatic carbocycles. The molecule has 0 heterocycles. The lowest BCUT2D eigenvalue weighted by atomic mass is 10.4. The first-order valence-electron chi connectivity index (χ1n) is 3.86. The minimum Gasteiger partial charge on any atom is -0.312 e. The van der Waals surface area contributed by atoms with Crippen molar-refractivity contribution in [1.29, 1.82) is 0 Å². The molecule has 4 nitrogen and oxygen atoms in total. The second-order valence-electron chi connectivity index (χ2n) is 3.21. The lowest BCUT2D eigenvalue weighted by Crippen LogP contribution is -2.40. The average molecular weight is 162 g/mol. The first-order valence-corrected chi connectivity index (χ1v) is 3.86. The lowest BCUT2D eigenvalue weighted by molar-refractivity contribution is -0.229. The third-order valence-corrected chi connectivity index (χ3v) is 1.48. The maximum Gasteiger partial charge on any atom is 0.1000 e. The Bertz CT molecular complexity index is 94.6. The van der Waals surface area contributed by atoms with Gasteiger partial charge in [-0.25, -0.2) is 0 Å². The van der Waals surface area contributed by atoms with Gasteiger partial charge in [-0.15, -0.1) is 0 Å². The quantitative estimate of drug-likeness (QED) is 0.481. The van der Waals surface area contributed by atoms with Gasteiger partial charge in [0.2, 0.25) is 0 Å². The normalized spacial score (nSPS) is 12.5. The fourth-order valence-electron chi connectivity index (χ4n) is 0.475. The number of hydroxylamine groups is 4. The van der Waals surface area contributed by atoms with Crippen LogP contribution in [0.4, 0.5) is 0 Å². The van der Waals surface area contributed by atoms with Crippen molar-refractivity contribution in [3.63, 3.8) is 0 Å². The second kappa shape index (κ2) is 4.66. The van der Waals surface area contributed by atoms with Crippen LogP contribution in [0.1, 0.15) is 27.7 Å². The van der Waals surface area contributed by atoms with Gasteiger partial charge >= 0.3 is 0 Å². The summed E-state index contributed by atoms with van der Waals surface area (Å²) < 4.78 is 0. The zero-order chi connectivity index (χ0) is 9.02. The van der Waals surface area contributed by atoms with E-state index in [1.54, 1.807) is 0 Å². The fourth-order valence-corrected chi connectivity index (χ4v) is 0.475. The maximum absolute atomic E-state index is 9.18. The van der Waals surface area contributed by atoms with Crippen LogP contribution in [0.2, 0.25) is 0 Å². The molecule has 0 spiro atoms. The summed E-state index contributed by atoms with van der Waals surface area (Å²) in [6, 6.07) is 0.0619. The third kappa shape index (κ3) is 4.31. The van der Waals surface area contributed by atoms with Gasteiger partial charge in [0.25, 0.3) is 0 Å². The van der Waals surface area contributed by atoms with Gasteiger partial charge in [-0.05, 0) is 27.7 Å². The molecule has 4 heteroatoms. The molecule has 68 valence electrons. The van der Waals surface area contributed by atoms with Crippen LogP contribution < -0.4 is 0 Å². The zero-order valence-electron chi connectivity index (χ0n) is 7.65. The predicted molar refractivity (Wildman–Crippen MR) is 42.4 cm³/mol. The Morgan fingerprint density at radius 3 is 1.36 bits per heavy atom. The Labute approximate surface area is 67.9 Å². The SMILES string of the molecule is CC(C)N(O)CN(O)C(C)C. The van der Waals surface area contributed by atoms with E-state index in [4.69, 9.17) is 0 Å². The van der Waals surface area contributed by atoms with Gasteiger partial charge in [0.15, 0.2) is 0 Å². The molecule has 0 aliphatic rings. The molecule has 0 unspecified atom stereocenters. The van der Waals surface area contributed by atoms with Gasteiger partial charge in [-0.3, -0.25) is 0 Å². The van der Waals surface area contributed by atoms with Crippen molar-refractivity contribution in [2.75, 3.05) is 6.67 Å². The van der Waals surface area contributed by atoms with Gasteiger partial charge in [0, 0.05) is 12.1 Å². The molecule has 0 aliphatic heterocycles. The van der Waals surface area contributed by atoms with Crippen molar-refractivity contribution < 1.29 is 10.4 Å². The Morgan fingerprint density at radius 1 is 0.909 bits per heavy atom. The summed E-state index contributed by atoms with van der Waals surface area (Å²) in [6.45, 7) is 7.58. The molecule has 0 aromatic rings. The first-order chi connectivity index (χ1) is 4.95. The van der Waals surface area contributed by atoms with Crippen molar-refractivity contribution in [3.8, 4) is 0 Å². The number of hydrogen-bond acceptors (Lipinski definition) is 4. The largest absolute Gasteiger partial charge is 0.312 e. The van der Waals surface area contributed by atoms with E-state index in [0.29, 0.717) is 0 Å². The van der Waals surface area contributed by atoms with E-state index < -0.39 is 0 Å². The molecule has 2 N–H and O–H groups in total. The summed E-state index contributed by atoms with van der Waals surface area (Å²) in [7, 11) is 0. The topological polar surface area (TPSA) is 46.9 Å². The Kier molecular flexibility index (Phi) is 4.60. The van der Waals surface area contributed by atoms with Gasteiger partial charge in [-0.1, -0.05) is 0 Å². The highest BCUT2D eigenvalue weighted by Crippen LogP contribution is 1.98. The van der Waals surface area contributed by atoms with Crippen LogP contribution in [0.5, 0.6) is 0 Å². The molecule has 0 radical (unpaired) electrons. The van der Waals surface area contributed by atoms with Crippen molar-refractivity contribution in [2.24, 2.45) is 0 Å². The van der Waals surface area contributed by atoms with E-state index in [0.717, 1.165) is 10.1 Å². The maximum atomic E-state index is 9.18. The number of hydrogen-bond donors (Lipinski definition) is 2. The number of nitrogens with zero attached hydrogens (tertiary/aromatic N) is 2. The van der Waals surface area contributed by atoms with Crippen LogP contribution in [0.25, 0.3) is 0 Å². The van der Waals surface area contributed by atoms with Crippen molar-refractivity contribution in [1.82, 2.24) is 10.1 Å². The van der Waals surface area contributed by atoms with Crippen LogP contribution in [-0.2, 0) is 0 Å². The fraction of sp³-hybridized carbons (Fsp3) is 1.00. The van der Waals surface area contributed by atoms with E-state index in [9.17, 15) is 10.4 Å². The standard InChI is InChI=1S/C7H18N2O2/c1-6(2)8(10)5-9(11)7(3)4/h6-7,10-11H,5H2,1-4H3. The van der Waals surface area contributed by atoms with Crippen LogP contribution in [-0.4, -0.2) is 39.3 Å². The zero-order valence-corrected chi connectivity index (χ0v) is 7.65. The highest BCUT2D eigenvalue weighted by molar-refractivity contribution is 4.52. The molecule has 0 aromatic heterocycles. The van der Waals surface area contributed by atoms with Crippen LogP contribution in [0, 0.1) is 0 Å². The monoisotopic (exact) mass is 162 g/mol. The molecule has 0 rings (SSSR count). The van der Waals surface area contributed by atoms with E-state index in [-0.39, 0.29) is 18.8 Å². The van der Waals surface area contributed by atoms with E-state index >= 15 is 0 Å². The summed E-state index contributed by atoms with van der Waals surface area (Å²) in [6.07, 6.45) is 0. The van der Waals surface area contributed by atoms with E-state index in [1.165, 1.54) is 0 Å². The minimum absolute atomic E-state index is 0.0309. The van der Waals surface area contributed by atoms with Gasteiger partial charge in [0.1, 0.15) is 0 Å². The average Bonchev–Trinajstić information content (AvgIpc) is 1.87. The summed E-state index contributed by atoms with van der Waals surface area (Å²) in [5.74, 6) is 0. The van der Waals surface area contributed by atoms with Gasteiger partial charge in [0.05, 0.1) is 6.67 Å². The van der Waals surface area contributed by atoms with Crippen molar-refractivity contribution >= 4 is 0 Å².